The van der Waals surface area contributed by atoms with Gasteiger partial charge in [-0.15, -0.1) is 11.3 Å². The highest BCUT2D eigenvalue weighted by Gasteiger charge is 2.43. The van der Waals surface area contributed by atoms with Crippen molar-refractivity contribution >= 4 is 35.3 Å². The number of benzene rings is 1. The molecule has 2 unspecified atom stereocenters. The summed E-state index contributed by atoms with van der Waals surface area (Å²) in [4.78, 5) is 55.7. The molecule has 0 spiro atoms. The van der Waals surface area contributed by atoms with Crippen LogP contribution < -0.4 is 10.6 Å². The number of amides is 3. The summed E-state index contributed by atoms with van der Waals surface area (Å²) < 4.78 is 0. The number of aryl methyl sites for hydroxylation is 1. The molecule has 1 aliphatic heterocycles. The molecule has 1 aliphatic rings. The Balaban J connectivity index is 1.66. The number of likely N-dealkylation sites (tertiary alicyclic amines) is 1. The molecule has 1 fully saturated rings. The van der Waals surface area contributed by atoms with Crippen LogP contribution in [0.1, 0.15) is 38.4 Å². The van der Waals surface area contributed by atoms with Gasteiger partial charge in [-0.3, -0.25) is 19.2 Å². The van der Waals surface area contributed by atoms with Gasteiger partial charge in [0.2, 0.25) is 18.2 Å². The van der Waals surface area contributed by atoms with Crippen LogP contribution in [0.5, 0.6) is 0 Å². The van der Waals surface area contributed by atoms with Crippen molar-refractivity contribution in [2.45, 2.75) is 52.7 Å². The van der Waals surface area contributed by atoms with E-state index >= 15 is 0 Å². The van der Waals surface area contributed by atoms with Gasteiger partial charge in [0.1, 0.15) is 12.1 Å². The van der Waals surface area contributed by atoms with Crippen LogP contribution in [0.2, 0.25) is 0 Å². The normalized spacial score (nSPS) is 17.2. The summed E-state index contributed by atoms with van der Waals surface area (Å²) >= 11 is 1.58. The third-order valence-electron chi connectivity index (χ3n) is 5.51. The topological polar surface area (TPSA) is 108 Å². The van der Waals surface area contributed by atoms with Crippen LogP contribution in [0.25, 0.3) is 10.4 Å². The molecule has 0 radical (unpaired) electrons. The zero-order chi connectivity index (χ0) is 23.5. The highest BCUT2D eigenvalue weighted by atomic mass is 32.1. The number of nitrogens with zero attached hydrogens (tertiary/aromatic N) is 2. The molecule has 0 saturated carbocycles. The molecule has 2 aromatic rings. The standard InChI is InChI=1S/C23H28N4O4S/c1-14-19(32-13-26-14)16-7-5-15(6-8-16)10-24-21(30)18-9-17(29)11-27(18)22(31)20(25-12-28)23(2,3)4/h5-8,12-13,18,20H,9-11H2,1-4H3,(H,24,30)(H,25,28). The smallest absolute Gasteiger partial charge is 0.246 e. The number of rotatable bonds is 7. The van der Waals surface area contributed by atoms with Crippen LogP contribution in [-0.4, -0.2) is 52.5 Å². The van der Waals surface area contributed by atoms with Crippen molar-refractivity contribution in [2.24, 2.45) is 5.41 Å². The Morgan fingerprint density at radius 2 is 1.97 bits per heavy atom. The Morgan fingerprint density at radius 1 is 1.28 bits per heavy atom. The Kier molecular flexibility index (Phi) is 7.08. The minimum atomic E-state index is -0.882. The van der Waals surface area contributed by atoms with Crippen molar-refractivity contribution in [3.05, 3.63) is 41.0 Å². The Hall–Kier alpha value is -3.07. The summed E-state index contributed by atoms with van der Waals surface area (Å²) in [5, 5.41) is 5.37. The first-order valence-corrected chi connectivity index (χ1v) is 11.3. The number of carbonyl (C=O) groups is 4. The third-order valence-corrected chi connectivity index (χ3v) is 6.48. The summed E-state index contributed by atoms with van der Waals surface area (Å²) in [6.45, 7) is 7.56. The number of aromatic nitrogens is 1. The first-order valence-electron chi connectivity index (χ1n) is 10.4. The van der Waals surface area contributed by atoms with Gasteiger partial charge in [0.15, 0.2) is 5.78 Å². The largest absolute Gasteiger partial charge is 0.350 e. The summed E-state index contributed by atoms with van der Waals surface area (Å²) in [6.07, 6.45) is 0.442. The highest BCUT2D eigenvalue weighted by molar-refractivity contribution is 7.13. The first kappa shape index (κ1) is 23.6. The average Bonchev–Trinajstić information content (AvgIpc) is 3.35. The molecule has 2 heterocycles. The second-order valence-electron chi connectivity index (χ2n) is 8.99. The maximum atomic E-state index is 13.1. The molecule has 2 atom stereocenters. The second kappa shape index (κ2) is 9.60. The maximum Gasteiger partial charge on any atom is 0.246 e. The molecule has 1 aromatic carbocycles. The van der Waals surface area contributed by atoms with E-state index in [1.54, 1.807) is 11.3 Å². The zero-order valence-electron chi connectivity index (χ0n) is 18.7. The van der Waals surface area contributed by atoms with Gasteiger partial charge in [0, 0.05) is 13.0 Å². The maximum absolute atomic E-state index is 13.1. The van der Waals surface area contributed by atoms with Crippen LogP contribution in [0.3, 0.4) is 0 Å². The minimum Gasteiger partial charge on any atom is -0.350 e. The van der Waals surface area contributed by atoms with Crippen LogP contribution >= 0.6 is 11.3 Å². The van der Waals surface area contributed by atoms with Crippen LogP contribution in [0.15, 0.2) is 29.8 Å². The lowest BCUT2D eigenvalue weighted by atomic mass is 9.85. The lowest BCUT2D eigenvalue weighted by Gasteiger charge is -2.34. The van der Waals surface area contributed by atoms with Crippen molar-refractivity contribution in [1.82, 2.24) is 20.5 Å². The van der Waals surface area contributed by atoms with Crippen LogP contribution in [-0.2, 0) is 25.7 Å². The van der Waals surface area contributed by atoms with E-state index in [0.717, 1.165) is 21.7 Å². The molecular weight excluding hydrogens is 428 g/mol. The average molecular weight is 457 g/mol. The molecule has 8 nitrogen and oxygen atoms in total. The van der Waals surface area contributed by atoms with E-state index in [1.807, 2.05) is 57.5 Å². The predicted octanol–water partition coefficient (Wildman–Crippen LogP) is 2.07. The van der Waals surface area contributed by atoms with Gasteiger partial charge >= 0.3 is 0 Å². The Labute approximate surface area is 191 Å². The van der Waals surface area contributed by atoms with Gasteiger partial charge in [-0.05, 0) is 23.5 Å². The molecule has 3 amide bonds. The van der Waals surface area contributed by atoms with Gasteiger partial charge in [-0.1, -0.05) is 45.0 Å². The van der Waals surface area contributed by atoms with E-state index in [2.05, 4.69) is 15.6 Å². The number of nitrogens with one attached hydrogen (secondary N) is 2. The SMILES string of the molecule is Cc1ncsc1-c1ccc(CNC(=O)C2CC(=O)CN2C(=O)C(NC=O)C(C)(C)C)cc1. The van der Waals surface area contributed by atoms with E-state index in [4.69, 9.17) is 0 Å². The molecule has 3 rings (SSSR count). The number of ketones is 1. The molecule has 1 aromatic heterocycles. The molecular formula is C23H28N4O4S. The van der Waals surface area contributed by atoms with Crippen molar-refractivity contribution < 1.29 is 19.2 Å². The first-order chi connectivity index (χ1) is 15.1. The monoisotopic (exact) mass is 456 g/mol. The summed E-state index contributed by atoms with van der Waals surface area (Å²) in [5.74, 6) is -0.994. The van der Waals surface area contributed by atoms with Gasteiger partial charge in [-0.25, -0.2) is 4.98 Å². The van der Waals surface area contributed by atoms with Gasteiger partial charge < -0.3 is 15.5 Å². The van der Waals surface area contributed by atoms with E-state index in [0.29, 0.717) is 6.41 Å². The van der Waals surface area contributed by atoms with Crippen LogP contribution in [0, 0.1) is 12.3 Å². The van der Waals surface area contributed by atoms with Crippen molar-refractivity contribution in [3.8, 4) is 10.4 Å². The fraction of sp³-hybridized carbons (Fsp3) is 0.435. The zero-order valence-corrected chi connectivity index (χ0v) is 19.5. The van der Waals surface area contributed by atoms with E-state index in [1.165, 1.54) is 4.90 Å². The van der Waals surface area contributed by atoms with Crippen molar-refractivity contribution in [3.63, 3.8) is 0 Å². The molecule has 9 heteroatoms. The fourth-order valence-corrected chi connectivity index (χ4v) is 4.55. The predicted molar refractivity (Wildman–Crippen MR) is 122 cm³/mol. The summed E-state index contributed by atoms with van der Waals surface area (Å²) in [5.41, 5.74) is 4.19. The van der Waals surface area contributed by atoms with Gasteiger partial charge in [-0.2, -0.15) is 0 Å². The van der Waals surface area contributed by atoms with Gasteiger partial charge in [0.25, 0.3) is 0 Å². The fourth-order valence-electron chi connectivity index (χ4n) is 3.74. The quantitative estimate of drug-likeness (QED) is 0.620. The molecule has 0 bridgehead atoms. The summed E-state index contributed by atoms with van der Waals surface area (Å²) in [6, 6.07) is 6.12. The van der Waals surface area contributed by atoms with E-state index < -0.39 is 23.4 Å². The molecule has 1 saturated heterocycles. The number of hydrogen-bond donors (Lipinski definition) is 2. The van der Waals surface area contributed by atoms with Crippen molar-refractivity contribution in [1.29, 1.82) is 0 Å². The molecule has 0 aliphatic carbocycles. The number of thiazole rings is 1. The van der Waals surface area contributed by atoms with Gasteiger partial charge in [0.05, 0.1) is 22.6 Å². The Bertz CT molecular complexity index is 1010. The lowest BCUT2D eigenvalue weighted by Crippen LogP contribution is -2.56. The van der Waals surface area contributed by atoms with E-state index in [-0.39, 0.29) is 31.2 Å². The number of Topliss-reactive ketones (excluding diaryl/α,β-unsaturated/α-hetero) is 1. The molecule has 170 valence electrons. The highest BCUT2D eigenvalue weighted by Crippen LogP contribution is 2.27. The molecule has 32 heavy (non-hydrogen) atoms. The third kappa shape index (κ3) is 5.21. The number of hydrogen-bond acceptors (Lipinski definition) is 6. The molecule has 2 N–H and O–H groups in total. The summed E-state index contributed by atoms with van der Waals surface area (Å²) in [7, 11) is 0. The lowest BCUT2D eigenvalue weighted by molar-refractivity contribution is -0.143. The minimum absolute atomic E-state index is 0.0287. The van der Waals surface area contributed by atoms with E-state index in [9.17, 15) is 19.2 Å². The number of carbonyl (C=O) groups excluding carboxylic acids is 4. The van der Waals surface area contributed by atoms with Crippen molar-refractivity contribution in [2.75, 3.05) is 6.54 Å². The Morgan fingerprint density at radius 3 is 2.53 bits per heavy atom. The van der Waals surface area contributed by atoms with Crippen LogP contribution in [0.4, 0.5) is 0 Å². The second-order valence-corrected chi connectivity index (χ2v) is 9.84.